The van der Waals surface area contributed by atoms with Crippen molar-refractivity contribution < 1.29 is 14.3 Å². The Morgan fingerprint density at radius 1 is 1.19 bits per heavy atom. The summed E-state index contributed by atoms with van der Waals surface area (Å²) in [7, 11) is 1.57. The molecule has 3 heterocycles. The van der Waals surface area contributed by atoms with Crippen molar-refractivity contribution in [3.63, 3.8) is 0 Å². The van der Waals surface area contributed by atoms with E-state index >= 15 is 0 Å². The standard InChI is InChI=1S/C21H26N6O3S/c1-29-16-7-3-4-8-17(16)30-14-18(28)22-9-12-27-20-15(13-23-27)19(24-21(25-20)31-2)26-10-5-6-11-26/h3-4,7-8,13H,5-6,9-12,14H2,1-2H3,(H,22,28). The van der Waals surface area contributed by atoms with Crippen molar-refractivity contribution in [2.75, 3.05) is 44.5 Å². The third kappa shape index (κ3) is 4.84. The SMILES string of the molecule is COc1ccccc1OCC(=O)NCCn1ncc2c(N3CCCC3)nc(SC)nc21. The van der Waals surface area contributed by atoms with Gasteiger partial charge < -0.3 is 19.7 Å². The summed E-state index contributed by atoms with van der Waals surface area (Å²) in [4.78, 5) is 23.9. The predicted molar refractivity (Wildman–Crippen MR) is 120 cm³/mol. The molecule has 1 aliphatic rings. The van der Waals surface area contributed by atoms with Crippen molar-refractivity contribution in [3.05, 3.63) is 30.5 Å². The number of nitrogens with one attached hydrogen (secondary N) is 1. The monoisotopic (exact) mass is 442 g/mol. The van der Waals surface area contributed by atoms with Crippen LogP contribution in [0, 0.1) is 0 Å². The van der Waals surface area contributed by atoms with Gasteiger partial charge in [0.25, 0.3) is 5.91 Å². The Labute approximate surface area is 185 Å². The largest absolute Gasteiger partial charge is 0.493 e. The van der Waals surface area contributed by atoms with Gasteiger partial charge in [0.05, 0.1) is 25.2 Å². The van der Waals surface area contributed by atoms with Gasteiger partial charge >= 0.3 is 0 Å². The third-order valence-corrected chi connectivity index (χ3v) is 5.67. The lowest BCUT2D eigenvalue weighted by Crippen LogP contribution is -2.31. The van der Waals surface area contributed by atoms with E-state index < -0.39 is 0 Å². The van der Waals surface area contributed by atoms with Gasteiger partial charge in [-0.2, -0.15) is 5.10 Å². The number of thioether (sulfide) groups is 1. The van der Waals surface area contributed by atoms with E-state index in [1.54, 1.807) is 19.2 Å². The highest BCUT2D eigenvalue weighted by molar-refractivity contribution is 7.98. The molecule has 0 saturated carbocycles. The van der Waals surface area contributed by atoms with E-state index in [4.69, 9.17) is 14.5 Å². The summed E-state index contributed by atoms with van der Waals surface area (Å²) in [6, 6.07) is 7.24. The molecule has 0 atom stereocenters. The number of para-hydroxylation sites is 2. The number of aromatic nitrogens is 4. The number of rotatable bonds is 9. The molecule has 0 unspecified atom stereocenters. The Morgan fingerprint density at radius 2 is 1.97 bits per heavy atom. The van der Waals surface area contributed by atoms with E-state index in [0.29, 0.717) is 24.6 Å². The zero-order chi connectivity index (χ0) is 21.6. The van der Waals surface area contributed by atoms with Gasteiger partial charge in [0.1, 0.15) is 5.82 Å². The average molecular weight is 443 g/mol. The van der Waals surface area contributed by atoms with Crippen LogP contribution in [0.2, 0.25) is 0 Å². The molecule has 10 heteroatoms. The van der Waals surface area contributed by atoms with Crippen LogP contribution in [0.5, 0.6) is 11.5 Å². The first kappa shape index (κ1) is 21.2. The lowest BCUT2D eigenvalue weighted by atomic mass is 10.3. The molecule has 1 saturated heterocycles. The molecule has 1 aromatic carbocycles. The van der Waals surface area contributed by atoms with Gasteiger partial charge in [-0.05, 0) is 31.2 Å². The molecule has 0 aliphatic carbocycles. The van der Waals surface area contributed by atoms with Crippen molar-refractivity contribution >= 4 is 34.5 Å². The average Bonchev–Trinajstić information content (AvgIpc) is 3.48. The summed E-state index contributed by atoms with van der Waals surface area (Å²) in [6.45, 7) is 2.86. The summed E-state index contributed by atoms with van der Waals surface area (Å²) in [5.41, 5.74) is 0.792. The molecule has 4 rings (SSSR count). The summed E-state index contributed by atoms with van der Waals surface area (Å²) < 4.78 is 12.6. The van der Waals surface area contributed by atoms with Gasteiger partial charge in [-0.15, -0.1) is 0 Å². The van der Waals surface area contributed by atoms with Crippen molar-refractivity contribution in [3.8, 4) is 11.5 Å². The number of fused-ring (bicyclic) bond motifs is 1. The fourth-order valence-corrected chi connectivity index (χ4v) is 3.94. The molecule has 31 heavy (non-hydrogen) atoms. The van der Waals surface area contributed by atoms with Gasteiger partial charge in [0.2, 0.25) is 0 Å². The summed E-state index contributed by atoms with van der Waals surface area (Å²) in [5, 5.41) is 9.04. The van der Waals surface area contributed by atoms with Crippen molar-refractivity contribution in [2.45, 2.75) is 24.5 Å². The molecule has 1 amide bonds. The van der Waals surface area contributed by atoms with Crippen molar-refractivity contribution in [2.24, 2.45) is 0 Å². The minimum atomic E-state index is -0.209. The van der Waals surface area contributed by atoms with Crippen LogP contribution in [0.4, 0.5) is 5.82 Å². The second kappa shape index (κ2) is 9.86. The van der Waals surface area contributed by atoms with E-state index in [0.717, 1.165) is 35.1 Å². The Hall–Kier alpha value is -3.01. The fraction of sp³-hybridized carbons (Fsp3) is 0.429. The van der Waals surface area contributed by atoms with Crippen LogP contribution < -0.4 is 19.7 Å². The molecule has 164 valence electrons. The minimum absolute atomic E-state index is 0.0852. The van der Waals surface area contributed by atoms with Gasteiger partial charge in [-0.25, -0.2) is 14.6 Å². The van der Waals surface area contributed by atoms with Gasteiger partial charge in [0, 0.05) is 19.6 Å². The number of benzene rings is 1. The van der Waals surface area contributed by atoms with E-state index in [-0.39, 0.29) is 12.5 Å². The van der Waals surface area contributed by atoms with Crippen LogP contribution in [0.3, 0.4) is 0 Å². The second-order valence-electron chi connectivity index (χ2n) is 7.12. The molecule has 1 N–H and O–H groups in total. The van der Waals surface area contributed by atoms with E-state index in [1.165, 1.54) is 24.6 Å². The zero-order valence-corrected chi connectivity index (χ0v) is 18.5. The number of carbonyl (C=O) groups is 1. The lowest BCUT2D eigenvalue weighted by Gasteiger charge is -2.17. The Morgan fingerprint density at radius 3 is 2.71 bits per heavy atom. The maximum atomic E-state index is 12.2. The molecule has 1 fully saturated rings. The number of anilines is 1. The normalized spacial score (nSPS) is 13.5. The predicted octanol–water partition coefficient (Wildman–Crippen LogP) is 2.35. The smallest absolute Gasteiger partial charge is 0.258 e. The fourth-order valence-electron chi connectivity index (χ4n) is 3.58. The highest BCUT2D eigenvalue weighted by Gasteiger charge is 2.20. The quantitative estimate of drug-likeness (QED) is 0.399. The zero-order valence-electron chi connectivity index (χ0n) is 17.7. The number of hydrogen-bond donors (Lipinski definition) is 1. The highest BCUT2D eigenvalue weighted by Crippen LogP contribution is 2.29. The molecular formula is C21H26N6O3S. The number of amides is 1. The van der Waals surface area contributed by atoms with Crippen LogP contribution in [0.1, 0.15) is 12.8 Å². The number of carbonyl (C=O) groups excluding carboxylic acids is 1. The second-order valence-corrected chi connectivity index (χ2v) is 7.90. The topological polar surface area (TPSA) is 94.4 Å². The Balaban J connectivity index is 1.37. The Kier molecular flexibility index (Phi) is 6.76. The van der Waals surface area contributed by atoms with Crippen LogP contribution in [-0.2, 0) is 11.3 Å². The summed E-state index contributed by atoms with van der Waals surface area (Å²) >= 11 is 1.52. The van der Waals surface area contributed by atoms with Crippen molar-refractivity contribution in [1.82, 2.24) is 25.1 Å². The van der Waals surface area contributed by atoms with Crippen LogP contribution in [-0.4, -0.2) is 65.3 Å². The molecule has 2 aromatic heterocycles. The highest BCUT2D eigenvalue weighted by atomic mass is 32.2. The number of ether oxygens (including phenoxy) is 2. The van der Waals surface area contributed by atoms with Crippen LogP contribution in [0.15, 0.2) is 35.6 Å². The number of methoxy groups -OCH3 is 1. The molecule has 0 spiro atoms. The van der Waals surface area contributed by atoms with Crippen LogP contribution >= 0.6 is 11.8 Å². The maximum absolute atomic E-state index is 12.2. The molecule has 3 aromatic rings. The van der Waals surface area contributed by atoms with Crippen molar-refractivity contribution in [1.29, 1.82) is 0 Å². The minimum Gasteiger partial charge on any atom is -0.493 e. The first-order valence-corrected chi connectivity index (χ1v) is 11.5. The molecule has 0 bridgehead atoms. The molecule has 0 radical (unpaired) electrons. The van der Waals surface area contributed by atoms with Crippen LogP contribution in [0.25, 0.3) is 11.0 Å². The summed E-state index contributed by atoms with van der Waals surface area (Å²) in [6.07, 6.45) is 6.14. The van der Waals surface area contributed by atoms with Gasteiger partial charge in [-0.1, -0.05) is 23.9 Å². The molecule has 9 nitrogen and oxygen atoms in total. The van der Waals surface area contributed by atoms with E-state index in [2.05, 4.69) is 20.3 Å². The third-order valence-electron chi connectivity index (χ3n) is 5.12. The number of nitrogens with zero attached hydrogens (tertiary/aromatic N) is 5. The number of hydrogen-bond acceptors (Lipinski definition) is 8. The lowest BCUT2D eigenvalue weighted by molar-refractivity contribution is -0.123. The first-order valence-electron chi connectivity index (χ1n) is 10.2. The molecular weight excluding hydrogens is 416 g/mol. The van der Waals surface area contributed by atoms with E-state index in [1.807, 2.05) is 29.3 Å². The maximum Gasteiger partial charge on any atom is 0.258 e. The molecule has 1 aliphatic heterocycles. The Bertz CT molecular complexity index is 1050. The summed E-state index contributed by atoms with van der Waals surface area (Å²) in [5.74, 6) is 1.87. The van der Waals surface area contributed by atoms with Gasteiger partial charge in [0.15, 0.2) is 28.9 Å². The van der Waals surface area contributed by atoms with Gasteiger partial charge in [-0.3, -0.25) is 4.79 Å². The first-order chi connectivity index (χ1) is 15.2. The van der Waals surface area contributed by atoms with E-state index in [9.17, 15) is 4.79 Å².